The quantitative estimate of drug-likeness (QED) is 0.350. The molecule has 2 aromatic rings. The fraction of sp³-hybridized carbons (Fsp3) is 0.455. The van der Waals surface area contributed by atoms with Gasteiger partial charge in [0.1, 0.15) is 11.5 Å². The predicted octanol–water partition coefficient (Wildman–Crippen LogP) is 1.76. The summed E-state index contributed by atoms with van der Waals surface area (Å²) in [7, 11) is 3.37. The van der Waals surface area contributed by atoms with Crippen LogP contribution < -0.4 is 30.7 Å². The maximum atomic E-state index is 5.16. The van der Waals surface area contributed by atoms with E-state index in [0.717, 1.165) is 63.9 Å². The summed E-state index contributed by atoms with van der Waals surface area (Å²) in [4.78, 5) is 0. The third kappa shape index (κ3) is 9.19. The molecular formula is C22H34N4O2. The lowest BCUT2D eigenvalue weighted by atomic mass is 10.2. The molecule has 0 amide bonds. The summed E-state index contributed by atoms with van der Waals surface area (Å²) >= 11 is 0. The molecule has 4 N–H and O–H groups in total. The molecule has 0 radical (unpaired) electrons. The van der Waals surface area contributed by atoms with Crippen LogP contribution in [0, 0.1) is 0 Å². The van der Waals surface area contributed by atoms with Crippen LogP contribution in [0.4, 0.5) is 0 Å². The van der Waals surface area contributed by atoms with Crippen molar-refractivity contribution >= 4 is 0 Å². The molecule has 0 saturated heterocycles. The van der Waals surface area contributed by atoms with Crippen molar-refractivity contribution < 1.29 is 9.47 Å². The van der Waals surface area contributed by atoms with Crippen LogP contribution in [0.15, 0.2) is 48.5 Å². The summed E-state index contributed by atoms with van der Waals surface area (Å²) in [6, 6.07) is 16.3. The molecule has 28 heavy (non-hydrogen) atoms. The van der Waals surface area contributed by atoms with Gasteiger partial charge in [0.25, 0.3) is 0 Å². The second kappa shape index (κ2) is 14.0. The molecule has 0 fully saturated rings. The van der Waals surface area contributed by atoms with Crippen LogP contribution >= 0.6 is 0 Å². The molecule has 6 heteroatoms. The van der Waals surface area contributed by atoms with Gasteiger partial charge in [-0.15, -0.1) is 0 Å². The van der Waals surface area contributed by atoms with Crippen molar-refractivity contribution in [2.45, 2.75) is 13.1 Å². The van der Waals surface area contributed by atoms with E-state index in [4.69, 9.17) is 9.47 Å². The van der Waals surface area contributed by atoms with E-state index >= 15 is 0 Å². The van der Waals surface area contributed by atoms with Crippen LogP contribution in [0.25, 0.3) is 0 Å². The summed E-state index contributed by atoms with van der Waals surface area (Å²) < 4.78 is 10.3. The van der Waals surface area contributed by atoms with E-state index in [1.165, 1.54) is 11.1 Å². The zero-order chi connectivity index (χ0) is 19.9. The highest BCUT2D eigenvalue weighted by Crippen LogP contribution is 2.11. The minimum absolute atomic E-state index is 0.879. The smallest absolute Gasteiger partial charge is 0.118 e. The van der Waals surface area contributed by atoms with Crippen molar-refractivity contribution in [2.75, 3.05) is 53.5 Å². The molecular weight excluding hydrogens is 352 g/mol. The zero-order valence-corrected chi connectivity index (χ0v) is 17.1. The first-order chi connectivity index (χ1) is 13.8. The van der Waals surface area contributed by atoms with E-state index in [9.17, 15) is 0 Å². The van der Waals surface area contributed by atoms with E-state index in [-0.39, 0.29) is 0 Å². The van der Waals surface area contributed by atoms with Gasteiger partial charge in [-0.3, -0.25) is 0 Å². The molecule has 154 valence electrons. The van der Waals surface area contributed by atoms with Gasteiger partial charge in [0.2, 0.25) is 0 Å². The van der Waals surface area contributed by atoms with E-state index in [0.29, 0.717) is 0 Å². The normalized spacial score (nSPS) is 10.8. The van der Waals surface area contributed by atoms with Crippen LogP contribution in [0.3, 0.4) is 0 Å². The molecule has 2 aromatic carbocycles. The lowest BCUT2D eigenvalue weighted by molar-refractivity contribution is 0.414. The number of hydrogen-bond acceptors (Lipinski definition) is 6. The fourth-order valence-corrected chi connectivity index (χ4v) is 2.73. The van der Waals surface area contributed by atoms with Gasteiger partial charge in [-0.2, -0.15) is 0 Å². The highest BCUT2D eigenvalue weighted by atomic mass is 16.5. The van der Waals surface area contributed by atoms with Crippen molar-refractivity contribution in [1.82, 2.24) is 21.3 Å². The molecule has 0 bridgehead atoms. The molecule has 2 rings (SSSR count). The van der Waals surface area contributed by atoms with E-state index < -0.39 is 0 Å². The number of ether oxygens (including phenoxy) is 2. The van der Waals surface area contributed by atoms with Crippen LogP contribution in [0.1, 0.15) is 11.1 Å². The molecule has 0 heterocycles. The first kappa shape index (κ1) is 22.2. The standard InChI is InChI=1S/C22H34N4O2/c1-27-21-7-3-19(4-8-21)17-25-15-13-23-11-12-24-14-16-26-18-20-5-9-22(28-2)10-6-20/h3-10,23-26H,11-18H2,1-2H3. The van der Waals surface area contributed by atoms with Gasteiger partial charge >= 0.3 is 0 Å². The molecule has 0 spiro atoms. The van der Waals surface area contributed by atoms with Gasteiger partial charge in [-0.1, -0.05) is 24.3 Å². The summed E-state index contributed by atoms with van der Waals surface area (Å²) in [6.45, 7) is 7.55. The molecule has 0 aromatic heterocycles. The second-order valence-corrected chi connectivity index (χ2v) is 6.55. The second-order valence-electron chi connectivity index (χ2n) is 6.55. The van der Waals surface area contributed by atoms with E-state index in [1.807, 2.05) is 24.3 Å². The van der Waals surface area contributed by atoms with Gasteiger partial charge in [-0.05, 0) is 35.4 Å². The Labute approximate surface area is 169 Å². The van der Waals surface area contributed by atoms with Crippen molar-refractivity contribution in [3.63, 3.8) is 0 Å². The lowest BCUT2D eigenvalue weighted by Gasteiger charge is -2.09. The Morgan fingerprint density at radius 2 is 0.821 bits per heavy atom. The monoisotopic (exact) mass is 386 g/mol. The summed E-state index contributed by atoms with van der Waals surface area (Å²) in [5, 5.41) is 13.8. The Kier molecular flexibility index (Phi) is 11.1. The van der Waals surface area contributed by atoms with E-state index in [2.05, 4.69) is 45.5 Å². The SMILES string of the molecule is COc1ccc(CNCCNCCNCCNCc2ccc(OC)cc2)cc1. The average Bonchev–Trinajstić information content (AvgIpc) is 2.75. The first-order valence-electron chi connectivity index (χ1n) is 9.90. The topological polar surface area (TPSA) is 66.6 Å². The summed E-state index contributed by atoms with van der Waals surface area (Å²) in [5.74, 6) is 1.79. The summed E-state index contributed by atoms with van der Waals surface area (Å²) in [5.41, 5.74) is 2.54. The maximum Gasteiger partial charge on any atom is 0.118 e. The largest absolute Gasteiger partial charge is 0.497 e. The van der Waals surface area contributed by atoms with Crippen LogP contribution in [-0.2, 0) is 13.1 Å². The molecule has 0 aliphatic heterocycles. The van der Waals surface area contributed by atoms with Crippen molar-refractivity contribution in [2.24, 2.45) is 0 Å². The number of nitrogens with one attached hydrogen (secondary N) is 4. The average molecular weight is 387 g/mol. The number of rotatable bonds is 15. The third-order valence-corrected chi connectivity index (χ3v) is 4.41. The van der Waals surface area contributed by atoms with E-state index in [1.54, 1.807) is 14.2 Å². The van der Waals surface area contributed by atoms with Gasteiger partial charge < -0.3 is 30.7 Å². The van der Waals surface area contributed by atoms with Crippen LogP contribution in [0.5, 0.6) is 11.5 Å². The number of benzene rings is 2. The Morgan fingerprint density at radius 1 is 0.500 bits per heavy atom. The van der Waals surface area contributed by atoms with Crippen LogP contribution in [-0.4, -0.2) is 53.5 Å². The minimum Gasteiger partial charge on any atom is -0.497 e. The van der Waals surface area contributed by atoms with Gasteiger partial charge in [0.15, 0.2) is 0 Å². The predicted molar refractivity (Wildman–Crippen MR) is 115 cm³/mol. The van der Waals surface area contributed by atoms with Gasteiger partial charge in [-0.25, -0.2) is 0 Å². The highest BCUT2D eigenvalue weighted by molar-refractivity contribution is 5.27. The molecule has 0 aliphatic carbocycles. The van der Waals surface area contributed by atoms with Crippen LogP contribution in [0.2, 0.25) is 0 Å². The van der Waals surface area contributed by atoms with Gasteiger partial charge in [0.05, 0.1) is 14.2 Å². The van der Waals surface area contributed by atoms with Crippen molar-refractivity contribution in [1.29, 1.82) is 0 Å². The van der Waals surface area contributed by atoms with Crippen molar-refractivity contribution in [3.05, 3.63) is 59.7 Å². The number of hydrogen-bond donors (Lipinski definition) is 4. The molecule has 0 aliphatic rings. The van der Waals surface area contributed by atoms with Gasteiger partial charge in [0, 0.05) is 52.4 Å². The minimum atomic E-state index is 0.879. The third-order valence-electron chi connectivity index (χ3n) is 4.41. The molecule has 0 atom stereocenters. The molecule has 0 saturated carbocycles. The maximum absolute atomic E-state index is 5.16. The Bertz CT molecular complexity index is 574. The fourth-order valence-electron chi connectivity index (χ4n) is 2.73. The zero-order valence-electron chi connectivity index (χ0n) is 17.1. The highest BCUT2D eigenvalue weighted by Gasteiger charge is 1.96. The number of methoxy groups -OCH3 is 2. The molecule has 0 unspecified atom stereocenters. The Hall–Kier alpha value is -2.12. The van der Waals surface area contributed by atoms with Crippen molar-refractivity contribution in [3.8, 4) is 11.5 Å². The molecule has 6 nitrogen and oxygen atoms in total. The summed E-state index contributed by atoms with van der Waals surface area (Å²) in [6.07, 6.45) is 0. The first-order valence-corrected chi connectivity index (χ1v) is 9.90. The Morgan fingerprint density at radius 3 is 1.14 bits per heavy atom. The Balaban J connectivity index is 1.36. The lowest BCUT2D eigenvalue weighted by Crippen LogP contribution is -2.35.